The van der Waals surface area contributed by atoms with E-state index in [0.717, 1.165) is 38.2 Å². The lowest BCUT2D eigenvalue weighted by atomic mass is 10.0. The van der Waals surface area contributed by atoms with Crippen LogP contribution in [-0.4, -0.2) is 164 Å². The molecule has 0 aromatic heterocycles. The molecular weight excluding hydrogens is 796 g/mol. The van der Waals surface area contributed by atoms with Gasteiger partial charge in [-0.3, -0.25) is 4.79 Å². The quantitative estimate of drug-likeness (QED) is 0.0328. The zero-order chi connectivity index (χ0) is 43.2. The highest BCUT2D eigenvalue weighted by Gasteiger charge is 2.03. The van der Waals surface area contributed by atoms with Gasteiger partial charge in [0.2, 0.25) is 0 Å². The molecule has 0 N–H and O–H groups in total. The molecule has 0 aliphatic rings. The van der Waals surface area contributed by atoms with Crippen molar-refractivity contribution in [3.63, 3.8) is 0 Å². The topological polar surface area (TPSA) is 128 Å². The van der Waals surface area contributed by atoms with Gasteiger partial charge in [-0.25, -0.2) is 0 Å². The third-order valence-corrected chi connectivity index (χ3v) is 9.63. The van der Waals surface area contributed by atoms with E-state index in [1.54, 1.807) is 0 Å². The highest BCUT2D eigenvalue weighted by atomic mass is 35.5. The summed E-state index contributed by atoms with van der Waals surface area (Å²) >= 11 is 5.66. The zero-order valence-electron chi connectivity index (χ0n) is 38.3. The zero-order valence-corrected chi connectivity index (χ0v) is 39.1. The molecule has 0 saturated heterocycles. The first-order chi connectivity index (χ1) is 29.8. The molecule has 0 saturated carbocycles. The van der Waals surface area contributed by atoms with Crippen LogP contribution in [0.3, 0.4) is 0 Å². The molecule has 0 rings (SSSR count). The van der Waals surface area contributed by atoms with Crippen molar-refractivity contribution in [1.82, 2.24) is 0 Å². The van der Waals surface area contributed by atoms with E-state index in [1.807, 2.05) is 0 Å². The second-order valence-corrected chi connectivity index (χ2v) is 15.1. The first-order valence-electron chi connectivity index (χ1n) is 23.9. The fourth-order valence-electron chi connectivity index (χ4n) is 5.88. The van der Waals surface area contributed by atoms with Crippen LogP contribution >= 0.6 is 11.6 Å². The summed E-state index contributed by atoms with van der Waals surface area (Å²) in [6.45, 7) is 14.0. The standard InChI is InChI=1S/C46H91ClO13/c1-2-3-4-5-6-7-8-9-10-11-12-13-14-15-18-21-46(48)60-45-44-59-43-42-58-41-40-57-39-38-56-37-36-55-35-34-54-33-32-53-31-30-52-29-28-51-27-26-50-25-24-49-23-20-17-16-19-22-47/h2-45H2,1H3. The average Bonchev–Trinajstić information content (AvgIpc) is 3.25. The summed E-state index contributed by atoms with van der Waals surface area (Å²) < 4.78 is 65.9. The third-order valence-electron chi connectivity index (χ3n) is 9.37. The van der Waals surface area contributed by atoms with E-state index >= 15 is 0 Å². The van der Waals surface area contributed by atoms with Gasteiger partial charge in [0.05, 0.1) is 139 Å². The van der Waals surface area contributed by atoms with Gasteiger partial charge in [0.25, 0.3) is 0 Å². The molecule has 13 nitrogen and oxygen atoms in total. The van der Waals surface area contributed by atoms with Crippen LogP contribution in [0.4, 0.5) is 0 Å². The Kier molecular flexibility index (Phi) is 55.7. The van der Waals surface area contributed by atoms with Crippen molar-refractivity contribution < 1.29 is 61.6 Å². The average molecular weight is 888 g/mol. The van der Waals surface area contributed by atoms with E-state index in [4.69, 9.17) is 68.4 Å². The minimum atomic E-state index is -0.130. The Morgan fingerprint density at radius 3 is 0.817 bits per heavy atom. The molecule has 360 valence electrons. The van der Waals surface area contributed by atoms with Crippen molar-refractivity contribution in [3.05, 3.63) is 0 Å². The Morgan fingerprint density at radius 2 is 0.517 bits per heavy atom. The summed E-state index contributed by atoms with van der Waals surface area (Å²) in [4.78, 5) is 11.9. The lowest BCUT2D eigenvalue weighted by molar-refractivity contribution is -0.145. The van der Waals surface area contributed by atoms with Crippen LogP contribution in [0.1, 0.15) is 135 Å². The maximum atomic E-state index is 11.9. The molecule has 0 fully saturated rings. The summed E-state index contributed by atoms with van der Waals surface area (Å²) in [6, 6.07) is 0. The Hall–Kier alpha value is -0.680. The number of ether oxygens (including phenoxy) is 12. The summed E-state index contributed by atoms with van der Waals surface area (Å²) in [5.74, 6) is 0.611. The van der Waals surface area contributed by atoms with Gasteiger partial charge in [-0.15, -0.1) is 11.6 Å². The van der Waals surface area contributed by atoms with Crippen molar-refractivity contribution in [2.24, 2.45) is 0 Å². The highest BCUT2D eigenvalue weighted by Crippen LogP contribution is 2.14. The number of carbonyl (C=O) groups is 1. The van der Waals surface area contributed by atoms with Gasteiger partial charge in [0, 0.05) is 18.9 Å². The number of hydrogen-bond donors (Lipinski definition) is 0. The van der Waals surface area contributed by atoms with Crippen molar-refractivity contribution in [1.29, 1.82) is 0 Å². The van der Waals surface area contributed by atoms with E-state index in [1.165, 1.54) is 96.3 Å². The van der Waals surface area contributed by atoms with E-state index in [9.17, 15) is 4.79 Å². The number of hydrogen-bond acceptors (Lipinski definition) is 13. The maximum Gasteiger partial charge on any atom is 0.305 e. The van der Waals surface area contributed by atoms with Gasteiger partial charge in [-0.1, -0.05) is 110 Å². The lowest BCUT2D eigenvalue weighted by Crippen LogP contribution is -2.15. The Labute approximate surface area is 371 Å². The predicted molar refractivity (Wildman–Crippen MR) is 239 cm³/mol. The second-order valence-electron chi connectivity index (χ2n) is 14.8. The molecule has 0 unspecified atom stereocenters. The summed E-state index contributed by atoms with van der Waals surface area (Å²) in [5.41, 5.74) is 0. The van der Waals surface area contributed by atoms with Gasteiger partial charge < -0.3 is 56.8 Å². The van der Waals surface area contributed by atoms with Crippen molar-refractivity contribution in [2.45, 2.75) is 135 Å². The van der Waals surface area contributed by atoms with Crippen molar-refractivity contribution in [3.8, 4) is 0 Å². The fraction of sp³-hybridized carbons (Fsp3) is 0.978. The number of halogens is 1. The van der Waals surface area contributed by atoms with Crippen LogP contribution in [0.2, 0.25) is 0 Å². The van der Waals surface area contributed by atoms with Crippen LogP contribution in [0.5, 0.6) is 0 Å². The predicted octanol–water partition coefficient (Wildman–Crippen LogP) is 8.77. The van der Waals surface area contributed by atoms with Crippen LogP contribution < -0.4 is 0 Å². The minimum Gasteiger partial charge on any atom is -0.463 e. The van der Waals surface area contributed by atoms with Crippen LogP contribution in [-0.2, 0) is 61.6 Å². The Balaban J connectivity index is 3.12. The van der Waals surface area contributed by atoms with Gasteiger partial charge in [-0.05, 0) is 19.3 Å². The number of alkyl halides is 1. The van der Waals surface area contributed by atoms with E-state index in [0.29, 0.717) is 145 Å². The molecule has 0 bridgehead atoms. The minimum absolute atomic E-state index is 0.130. The number of esters is 1. The largest absolute Gasteiger partial charge is 0.463 e. The van der Waals surface area contributed by atoms with Crippen molar-refractivity contribution >= 4 is 17.6 Å². The molecule has 0 spiro atoms. The first kappa shape index (κ1) is 59.3. The van der Waals surface area contributed by atoms with Crippen LogP contribution in [0.15, 0.2) is 0 Å². The molecule has 0 atom stereocenters. The fourth-order valence-corrected chi connectivity index (χ4v) is 6.07. The van der Waals surface area contributed by atoms with E-state index in [2.05, 4.69) is 6.92 Å². The Bertz CT molecular complexity index is 787. The van der Waals surface area contributed by atoms with Crippen LogP contribution in [0, 0.1) is 0 Å². The normalized spacial score (nSPS) is 11.6. The smallest absolute Gasteiger partial charge is 0.305 e. The molecule has 14 heteroatoms. The number of carbonyl (C=O) groups excluding carboxylic acids is 1. The number of unbranched alkanes of at least 4 members (excludes halogenated alkanes) is 17. The maximum absolute atomic E-state index is 11.9. The van der Waals surface area contributed by atoms with Crippen LogP contribution in [0.25, 0.3) is 0 Å². The number of rotatable bonds is 55. The van der Waals surface area contributed by atoms with E-state index in [-0.39, 0.29) is 12.6 Å². The lowest BCUT2D eigenvalue weighted by Gasteiger charge is -2.09. The molecule has 0 aromatic carbocycles. The van der Waals surface area contributed by atoms with Gasteiger partial charge in [-0.2, -0.15) is 0 Å². The second kappa shape index (κ2) is 56.3. The Morgan fingerprint density at radius 1 is 0.283 bits per heavy atom. The van der Waals surface area contributed by atoms with Crippen molar-refractivity contribution in [2.75, 3.05) is 158 Å². The monoisotopic (exact) mass is 887 g/mol. The molecular formula is C46H91ClO13. The first-order valence-corrected chi connectivity index (χ1v) is 24.4. The molecule has 0 amide bonds. The summed E-state index contributed by atoms with van der Waals surface area (Å²) in [6.07, 6.45) is 24.7. The molecule has 0 heterocycles. The SMILES string of the molecule is CCCCCCCCCCCCCCCCCC(=O)OCCOCCOCCOCCOCCOCCOCCOCCOCCOCCOCCOCCCCCCCl. The van der Waals surface area contributed by atoms with Gasteiger partial charge in [0.15, 0.2) is 0 Å². The molecule has 0 aliphatic carbocycles. The summed E-state index contributed by atoms with van der Waals surface area (Å²) in [5, 5.41) is 0. The van der Waals surface area contributed by atoms with E-state index < -0.39 is 0 Å². The summed E-state index contributed by atoms with van der Waals surface area (Å²) in [7, 11) is 0. The molecule has 0 aliphatic heterocycles. The van der Waals surface area contributed by atoms with Gasteiger partial charge in [0.1, 0.15) is 6.61 Å². The molecule has 0 aromatic rings. The molecule has 0 radical (unpaired) electrons. The third kappa shape index (κ3) is 55.3. The van der Waals surface area contributed by atoms with Gasteiger partial charge >= 0.3 is 5.97 Å². The highest BCUT2D eigenvalue weighted by molar-refractivity contribution is 6.17. The molecule has 60 heavy (non-hydrogen) atoms.